The molecule has 1 aromatic heterocycles. The molecular weight excluding hydrogens is 731 g/mol. The Kier molecular flexibility index (Phi) is 17.3. The van der Waals surface area contributed by atoms with Crippen LogP contribution in [0.1, 0.15) is 172 Å². The van der Waals surface area contributed by atoms with Gasteiger partial charge in [0.2, 0.25) is 0 Å². The smallest absolute Gasteiger partial charge is 0.167 e. The van der Waals surface area contributed by atoms with Crippen LogP contribution < -0.4 is 9.47 Å². The van der Waals surface area contributed by atoms with E-state index in [0.29, 0.717) is 88.1 Å². The fourth-order valence-electron chi connectivity index (χ4n) is 8.77. The molecule has 1 aliphatic carbocycles. The number of unbranched alkanes of at least 4 members (excludes halogenated alkanes) is 3. The maximum absolute atomic E-state index is 11.8. The lowest BCUT2D eigenvalue weighted by atomic mass is 9.74. The van der Waals surface area contributed by atoms with Crippen LogP contribution in [-0.2, 0) is 0 Å². The number of fused-ring (bicyclic) bond motifs is 1. The van der Waals surface area contributed by atoms with Gasteiger partial charge in [-0.15, -0.1) is 0 Å². The van der Waals surface area contributed by atoms with E-state index in [0.717, 1.165) is 62.5 Å². The normalized spacial score (nSPS) is 15.5. The SMILES string of the molecule is CCCCC(CC)COc1ccc(-c2nc(C3=C(C)CC(CC(CC)CCCC)c4ccccc43)nc(-c3ccc(OCC(CC)CCCC)c(C)c3O)n2)c(O)c1C. The Balaban J connectivity index is 1.60. The van der Waals surface area contributed by atoms with Crippen molar-refractivity contribution in [2.24, 2.45) is 17.8 Å². The van der Waals surface area contributed by atoms with Gasteiger partial charge in [0.15, 0.2) is 17.5 Å². The van der Waals surface area contributed by atoms with E-state index < -0.39 is 0 Å². The molecule has 0 fully saturated rings. The Morgan fingerprint density at radius 3 is 1.51 bits per heavy atom. The van der Waals surface area contributed by atoms with Crippen LogP contribution in [0.15, 0.2) is 54.1 Å². The molecule has 0 spiro atoms. The predicted molar refractivity (Wildman–Crippen MR) is 245 cm³/mol. The van der Waals surface area contributed by atoms with Crippen molar-refractivity contribution in [1.29, 1.82) is 0 Å². The topological polar surface area (TPSA) is 97.6 Å². The standard InChI is InChI=1S/C52H73N3O4/c1-10-16-21-37(13-4)31-40-30-34(7)47(42-25-20-19-24-41(40)42)52-54-50(43-26-28-45(35(8)48(43)56)58-32-38(14-5)22-17-11-2)53-51(55-52)44-27-29-46(36(9)49(44)57)59-33-39(15-6)23-18-12-3/h19-20,24-29,37-40,56-57H,10-18,21-23,30-33H2,1-9H3. The molecule has 0 saturated carbocycles. The summed E-state index contributed by atoms with van der Waals surface area (Å²) < 4.78 is 12.7. The number of hydrogen-bond acceptors (Lipinski definition) is 7. The van der Waals surface area contributed by atoms with E-state index >= 15 is 0 Å². The fraction of sp³-hybridized carbons (Fsp3) is 0.558. The number of allylic oxidation sites excluding steroid dienone is 1. The van der Waals surface area contributed by atoms with Gasteiger partial charge in [0.1, 0.15) is 23.0 Å². The van der Waals surface area contributed by atoms with Gasteiger partial charge in [-0.2, -0.15) is 0 Å². The highest BCUT2D eigenvalue weighted by Gasteiger charge is 2.30. The van der Waals surface area contributed by atoms with E-state index in [1.54, 1.807) is 0 Å². The molecule has 1 aliphatic rings. The van der Waals surface area contributed by atoms with Gasteiger partial charge in [-0.1, -0.05) is 136 Å². The molecule has 0 saturated heterocycles. The lowest BCUT2D eigenvalue weighted by Gasteiger charge is -2.31. The average Bonchev–Trinajstić information content (AvgIpc) is 3.25. The molecule has 7 heteroatoms. The van der Waals surface area contributed by atoms with Crippen molar-refractivity contribution in [1.82, 2.24) is 15.0 Å². The van der Waals surface area contributed by atoms with Gasteiger partial charge in [0.05, 0.1) is 24.3 Å². The molecule has 4 atom stereocenters. The number of aromatic nitrogens is 3. The molecule has 0 aliphatic heterocycles. The fourth-order valence-corrected chi connectivity index (χ4v) is 8.77. The van der Waals surface area contributed by atoms with Gasteiger partial charge >= 0.3 is 0 Å². The number of phenols is 2. The zero-order valence-corrected chi connectivity index (χ0v) is 37.8. The van der Waals surface area contributed by atoms with Crippen molar-refractivity contribution < 1.29 is 19.7 Å². The molecule has 320 valence electrons. The molecule has 7 nitrogen and oxygen atoms in total. The van der Waals surface area contributed by atoms with E-state index in [-0.39, 0.29) is 11.5 Å². The quantitative estimate of drug-likeness (QED) is 0.0770. The summed E-state index contributed by atoms with van der Waals surface area (Å²) >= 11 is 0. The third-order valence-corrected chi connectivity index (χ3v) is 12.9. The van der Waals surface area contributed by atoms with Crippen molar-refractivity contribution in [3.05, 3.63) is 82.2 Å². The molecule has 59 heavy (non-hydrogen) atoms. The number of nitrogens with zero attached hydrogens (tertiary/aromatic N) is 3. The van der Waals surface area contributed by atoms with E-state index in [2.05, 4.69) is 72.7 Å². The summed E-state index contributed by atoms with van der Waals surface area (Å²) in [5.41, 5.74) is 6.99. The minimum Gasteiger partial charge on any atom is -0.507 e. The highest BCUT2D eigenvalue weighted by Crippen LogP contribution is 2.46. The van der Waals surface area contributed by atoms with Crippen LogP contribution in [0.3, 0.4) is 0 Å². The molecule has 1 heterocycles. The Morgan fingerprint density at radius 1 is 0.576 bits per heavy atom. The largest absolute Gasteiger partial charge is 0.507 e. The second-order valence-electron chi connectivity index (χ2n) is 17.2. The predicted octanol–water partition coefficient (Wildman–Crippen LogP) is 14.3. The van der Waals surface area contributed by atoms with Gasteiger partial charge in [-0.3, -0.25) is 0 Å². The van der Waals surface area contributed by atoms with Crippen molar-refractivity contribution in [3.63, 3.8) is 0 Å². The molecule has 4 aromatic rings. The Labute approximate surface area is 356 Å². The van der Waals surface area contributed by atoms with Crippen LogP contribution in [0.4, 0.5) is 0 Å². The van der Waals surface area contributed by atoms with Crippen molar-refractivity contribution >= 4 is 5.57 Å². The number of rotatable bonds is 23. The maximum Gasteiger partial charge on any atom is 0.167 e. The molecule has 3 aromatic carbocycles. The third kappa shape index (κ3) is 11.3. The second kappa shape index (κ2) is 22.3. The molecule has 2 N–H and O–H groups in total. The van der Waals surface area contributed by atoms with Crippen molar-refractivity contribution in [3.8, 4) is 45.8 Å². The summed E-state index contributed by atoms with van der Waals surface area (Å²) in [7, 11) is 0. The van der Waals surface area contributed by atoms with Crippen LogP contribution in [0.2, 0.25) is 0 Å². The number of aromatic hydroxyl groups is 2. The zero-order chi connectivity index (χ0) is 42.5. The summed E-state index contributed by atoms with van der Waals surface area (Å²) in [4.78, 5) is 15.3. The van der Waals surface area contributed by atoms with Crippen LogP contribution in [0.5, 0.6) is 23.0 Å². The highest BCUT2D eigenvalue weighted by atomic mass is 16.5. The minimum atomic E-state index is 0.0809. The van der Waals surface area contributed by atoms with Crippen LogP contribution in [0, 0.1) is 31.6 Å². The van der Waals surface area contributed by atoms with E-state index in [9.17, 15) is 10.2 Å². The number of ether oxygens (including phenoxy) is 2. The Morgan fingerprint density at radius 2 is 1.03 bits per heavy atom. The third-order valence-electron chi connectivity index (χ3n) is 12.9. The number of phenolic OH excluding ortho intramolecular Hbond substituents is 2. The number of hydrogen-bond donors (Lipinski definition) is 2. The molecular formula is C52H73N3O4. The van der Waals surface area contributed by atoms with Crippen LogP contribution >= 0.6 is 0 Å². The van der Waals surface area contributed by atoms with Gasteiger partial charge in [-0.25, -0.2) is 15.0 Å². The van der Waals surface area contributed by atoms with Gasteiger partial charge in [0.25, 0.3) is 0 Å². The molecule has 5 rings (SSSR count). The average molecular weight is 804 g/mol. The first-order valence-electron chi connectivity index (χ1n) is 23.0. The van der Waals surface area contributed by atoms with Gasteiger partial charge in [0, 0.05) is 16.7 Å². The van der Waals surface area contributed by atoms with Gasteiger partial charge in [-0.05, 0) is 106 Å². The highest BCUT2D eigenvalue weighted by molar-refractivity contribution is 5.84. The monoisotopic (exact) mass is 804 g/mol. The van der Waals surface area contributed by atoms with Gasteiger partial charge < -0.3 is 19.7 Å². The summed E-state index contributed by atoms with van der Waals surface area (Å²) in [5.74, 6) is 4.73. The zero-order valence-electron chi connectivity index (χ0n) is 37.8. The molecule has 0 amide bonds. The van der Waals surface area contributed by atoms with Crippen molar-refractivity contribution in [2.75, 3.05) is 13.2 Å². The first-order chi connectivity index (χ1) is 28.6. The van der Waals surface area contributed by atoms with E-state index in [1.165, 1.54) is 49.7 Å². The Hall–Kier alpha value is -4.39. The lowest BCUT2D eigenvalue weighted by Crippen LogP contribution is -2.16. The first-order valence-corrected chi connectivity index (χ1v) is 23.0. The van der Waals surface area contributed by atoms with Crippen LogP contribution in [0.25, 0.3) is 28.3 Å². The summed E-state index contributed by atoms with van der Waals surface area (Å²) in [6.45, 7) is 20.7. The Bertz CT molecular complexity index is 1910. The first kappa shape index (κ1) is 45.7. The summed E-state index contributed by atoms with van der Waals surface area (Å²) in [5, 5.41) is 23.7. The minimum absolute atomic E-state index is 0.0809. The summed E-state index contributed by atoms with van der Waals surface area (Å²) in [6.07, 6.45) is 16.0. The second-order valence-corrected chi connectivity index (χ2v) is 17.2. The molecule has 4 unspecified atom stereocenters. The number of benzene rings is 3. The lowest BCUT2D eigenvalue weighted by molar-refractivity contribution is 0.231. The van der Waals surface area contributed by atoms with E-state index in [1.807, 2.05) is 38.1 Å². The van der Waals surface area contributed by atoms with E-state index in [4.69, 9.17) is 24.4 Å². The summed E-state index contributed by atoms with van der Waals surface area (Å²) in [6, 6.07) is 16.3. The maximum atomic E-state index is 11.8. The van der Waals surface area contributed by atoms with Crippen molar-refractivity contribution in [2.45, 2.75) is 158 Å². The molecule has 0 radical (unpaired) electrons. The molecule has 0 bridgehead atoms. The van der Waals surface area contributed by atoms with Crippen LogP contribution in [-0.4, -0.2) is 38.4 Å².